The van der Waals surface area contributed by atoms with Crippen LogP contribution < -0.4 is 4.74 Å². The van der Waals surface area contributed by atoms with Gasteiger partial charge in [-0.15, -0.1) is 0 Å². The number of ether oxygens (including phenoxy) is 1. The molecule has 0 spiro atoms. The zero-order valence-electron chi connectivity index (χ0n) is 9.34. The van der Waals surface area contributed by atoms with Crippen molar-refractivity contribution in [1.29, 1.82) is 0 Å². The zero-order valence-corrected chi connectivity index (χ0v) is 10.9. The van der Waals surface area contributed by atoms with Crippen LogP contribution in [0.5, 0.6) is 5.75 Å². The molecule has 0 saturated heterocycles. The van der Waals surface area contributed by atoms with Gasteiger partial charge in [-0.1, -0.05) is 35.0 Å². The Labute approximate surface area is 101 Å². The molecule has 1 aromatic rings. The summed E-state index contributed by atoms with van der Waals surface area (Å²) in [4.78, 5) is 0. The van der Waals surface area contributed by atoms with E-state index in [0.717, 1.165) is 30.5 Å². The van der Waals surface area contributed by atoms with Crippen molar-refractivity contribution >= 4 is 15.9 Å². The zero-order chi connectivity index (χ0) is 10.9. The van der Waals surface area contributed by atoms with Gasteiger partial charge in [0.05, 0.1) is 6.61 Å². The quantitative estimate of drug-likeness (QED) is 0.533. The summed E-state index contributed by atoms with van der Waals surface area (Å²) in [6, 6.07) is 8.38. The van der Waals surface area contributed by atoms with Gasteiger partial charge in [0.2, 0.25) is 0 Å². The Morgan fingerprint density at radius 3 is 2.40 bits per heavy atom. The van der Waals surface area contributed by atoms with Crippen LogP contribution in [0.25, 0.3) is 0 Å². The minimum atomic E-state index is 0.832. The molecule has 15 heavy (non-hydrogen) atoms. The van der Waals surface area contributed by atoms with E-state index in [-0.39, 0.29) is 0 Å². The van der Waals surface area contributed by atoms with E-state index < -0.39 is 0 Å². The standard InChI is InChI=1S/C13H19BrO/c1-2-12-6-8-13(9-7-12)15-11-5-3-4-10-14/h6-9H,2-5,10-11H2,1H3. The molecular formula is C13H19BrO. The van der Waals surface area contributed by atoms with Crippen molar-refractivity contribution < 1.29 is 4.74 Å². The molecule has 0 heterocycles. The SMILES string of the molecule is CCc1ccc(OCCCCCBr)cc1. The molecule has 0 saturated carbocycles. The molecule has 2 heteroatoms. The normalized spacial score (nSPS) is 10.3. The lowest BCUT2D eigenvalue weighted by Gasteiger charge is -2.06. The van der Waals surface area contributed by atoms with Gasteiger partial charge in [-0.25, -0.2) is 0 Å². The van der Waals surface area contributed by atoms with Crippen LogP contribution in [0.1, 0.15) is 31.7 Å². The van der Waals surface area contributed by atoms with Crippen LogP contribution in [0.4, 0.5) is 0 Å². The molecule has 0 fully saturated rings. The molecular weight excluding hydrogens is 252 g/mol. The number of aryl methyl sites for hydroxylation is 1. The number of unbranched alkanes of at least 4 members (excludes halogenated alkanes) is 2. The lowest BCUT2D eigenvalue weighted by atomic mass is 10.2. The van der Waals surface area contributed by atoms with Crippen LogP contribution in [0, 0.1) is 0 Å². The molecule has 0 atom stereocenters. The fourth-order valence-electron chi connectivity index (χ4n) is 1.38. The van der Waals surface area contributed by atoms with Crippen molar-refractivity contribution in [2.45, 2.75) is 32.6 Å². The molecule has 0 N–H and O–H groups in total. The lowest BCUT2D eigenvalue weighted by molar-refractivity contribution is 0.306. The van der Waals surface area contributed by atoms with E-state index in [9.17, 15) is 0 Å². The molecule has 0 radical (unpaired) electrons. The van der Waals surface area contributed by atoms with Gasteiger partial charge >= 0.3 is 0 Å². The fourth-order valence-corrected chi connectivity index (χ4v) is 1.78. The highest BCUT2D eigenvalue weighted by molar-refractivity contribution is 9.09. The molecule has 0 unspecified atom stereocenters. The monoisotopic (exact) mass is 270 g/mol. The number of hydrogen-bond donors (Lipinski definition) is 0. The summed E-state index contributed by atoms with van der Waals surface area (Å²) in [5.41, 5.74) is 1.36. The summed E-state index contributed by atoms with van der Waals surface area (Å²) >= 11 is 3.42. The van der Waals surface area contributed by atoms with Crippen molar-refractivity contribution in [2.75, 3.05) is 11.9 Å². The first-order valence-electron chi connectivity index (χ1n) is 5.64. The Morgan fingerprint density at radius 2 is 1.80 bits per heavy atom. The minimum absolute atomic E-state index is 0.832. The predicted molar refractivity (Wildman–Crippen MR) is 69.0 cm³/mol. The molecule has 1 aromatic carbocycles. The largest absolute Gasteiger partial charge is 0.494 e. The molecule has 0 aliphatic heterocycles. The molecule has 0 aromatic heterocycles. The van der Waals surface area contributed by atoms with E-state index in [1.807, 2.05) is 0 Å². The second-order valence-electron chi connectivity index (χ2n) is 3.60. The number of hydrogen-bond acceptors (Lipinski definition) is 1. The summed E-state index contributed by atoms with van der Waals surface area (Å²) in [7, 11) is 0. The Morgan fingerprint density at radius 1 is 1.07 bits per heavy atom. The summed E-state index contributed by atoms with van der Waals surface area (Å²) in [6.07, 6.45) is 4.70. The molecule has 1 rings (SSSR count). The van der Waals surface area contributed by atoms with Crippen LogP contribution in [-0.4, -0.2) is 11.9 Å². The van der Waals surface area contributed by atoms with E-state index >= 15 is 0 Å². The molecule has 1 nitrogen and oxygen atoms in total. The van der Waals surface area contributed by atoms with Gasteiger partial charge in [0.15, 0.2) is 0 Å². The van der Waals surface area contributed by atoms with Crippen molar-refractivity contribution in [1.82, 2.24) is 0 Å². The maximum Gasteiger partial charge on any atom is 0.119 e. The maximum absolute atomic E-state index is 5.64. The van der Waals surface area contributed by atoms with Gasteiger partial charge in [0.25, 0.3) is 0 Å². The fraction of sp³-hybridized carbons (Fsp3) is 0.538. The number of benzene rings is 1. The molecule has 0 bridgehead atoms. The average Bonchev–Trinajstić information content (AvgIpc) is 2.30. The van der Waals surface area contributed by atoms with Gasteiger partial charge < -0.3 is 4.74 Å². The molecule has 84 valence electrons. The highest BCUT2D eigenvalue weighted by atomic mass is 79.9. The average molecular weight is 271 g/mol. The first kappa shape index (κ1) is 12.6. The van der Waals surface area contributed by atoms with Gasteiger partial charge in [-0.2, -0.15) is 0 Å². The Bertz CT molecular complexity index is 256. The summed E-state index contributed by atoms with van der Waals surface area (Å²) in [5, 5.41) is 1.10. The van der Waals surface area contributed by atoms with Gasteiger partial charge in [-0.3, -0.25) is 0 Å². The summed E-state index contributed by atoms with van der Waals surface area (Å²) in [6.45, 7) is 2.99. The third-order valence-electron chi connectivity index (χ3n) is 2.38. The van der Waals surface area contributed by atoms with Crippen LogP contribution >= 0.6 is 15.9 Å². The van der Waals surface area contributed by atoms with E-state index in [2.05, 4.69) is 47.1 Å². The number of rotatable bonds is 7. The van der Waals surface area contributed by atoms with Crippen molar-refractivity contribution in [3.05, 3.63) is 29.8 Å². The number of alkyl halides is 1. The topological polar surface area (TPSA) is 9.23 Å². The third kappa shape index (κ3) is 5.22. The van der Waals surface area contributed by atoms with Crippen molar-refractivity contribution in [3.63, 3.8) is 0 Å². The summed E-state index contributed by atoms with van der Waals surface area (Å²) in [5.74, 6) is 0.992. The van der Waals surface area contributed by atoms with Crippen molar-refractivity contribution in [2.24, 2.45) is 0 Å². The summed E-state index contributed by atoms with van der Waals surface area (Å²) < 4.78 is 5.64. The van der Waals surface area contributed by atoms with Crippen LogP contribution in [0.3, 0.4) is 0 Å². The smallest absolute Gasteiger partial charge is 0.119 e. The van der Waals surface area contributed by atoms with Crippen LogP contribution in [0.2, 0.25) is 0 Å². The van der Waals surface area contributed by atoms with E-state index in [1.54, 1.807) is 0 Å². The minimum Gasteiger partial charge on any atom is -0.494 e. The number of halogens is 1. The third-order valence-corrected chi connectivity index (χ3v) is 2.94. The predicted octanol–water partition coefficient (Wildman–Crippen LogP) is 4.19. The highest BCUT2D eigenvalue weighted by Gasteiger charge is 1.94. The van der Waals surface area contributed by atoms with Crippen molar-refractivity contribution in [3.8, 4) is 5.75 Å². The maximum atomic E-state index is 5.64. The van der Waals surface area contributed by atoms with E-state index in [1.165, 1.54) is 18.4 Å². The highest BCUT2D eigenvalue weighted by Crippen LogP contribution is 2.13. The van der Waals surface area contributed by atoms with Gasteiger partial charge in [0.1, 0.15) is 5.75 Å². The Balaban J connectivity index is 2.20. The second-order valence-corrected chi connectivity index (χ2v) is 4.39. The van der Waals surface area contributed by atoms with E-state index in [4.69, 9.17) is 4.74 Å². The van der Waals surface area contributed by atoms with Gasteiger partial charge in [-0.05, 0) is 43.4 Å². The molecule has 0 aliphatic carbocycles. The van der Waals surface area contributed by atoms with E-state index in [0.29, 0.717) is 0 Å². The molecule has 0 amide bonds. The Hall–Kier alpha value is -0.500. The first-order valence-corrected chi connectivity index (χ1v) is 6.76. The van der Waals surface area contributed by atoms with Crippen LogP contribution in [-0.2, 0) is 6.42 Å². The Kier molecular flexibility index (Phi) is 6.49. The molecule has 0 aliphatic rings. The van der Waals surface area contributed by atoms with Gasteiger partial charge in [0, 0.05) is 5.33 Å². The lowest BCUT2D eigenvalue weighted by Crippen LogP contribution is -1.97. The first-order chi connectivity index (χ1) is 7.36. The second kappa shape index (κ2) is 7.75. The van der Waals surface area contributed by atoms with Crippen LogP contribution in [0.15, 0.2) is 24.3 Å².